The maximum Gasteiger partial charge on any atom is 0.407 e. The van der Waals surface area contributed by atoms with Crippen LogP contribution in [0.15, 0.2) is 54.6 Å². The molecule has 3 N–H and O–H groups in total. The quantitative estimate of drug-likeness (QED) is 0.722. The second kappa shape index (κ2) is 8.84. The van der Waals surface area contributed by atoms with Gasteiger partial charge in [0.05, 0.1) is 0 Å². The number of nitrogens with one attached hydrogen (secondary N) is 3. The molecule has 0 heterocycles. The van der Waals surface area contributed by atoms with Crippen LogP contribution in [0.3, 0.4) is 0 Å². The molecule has 142 valence electrons. The van der Waals surface area contributed by atoms with Crippen molar-refractivity contribution in [2.24, 2.45) is 0 Å². The molecule has 0 atom stereocenters. The normalized spacial score (nSPS) is 10.6. The summed E-state index contributed by atoms with van der Waals surface area (Å²) < 4.78 is 5.16. The van der Waals surface area contributed by atoms with Gasteiger partial charge in [-0.05, 0) is 50.6 Å². The van der Waals surface area contributed by atoms with Gasteiger partial charge >= 0.3 is 6.09 Å². The number of amides is 3. The van der Waals surface area contributed by atoms with Gasteiger partial charge in [0, 0.05) is 17.7 Å². The van der Waals surface area contributed by atoms with E-state index in [-0.39, 0.29) is 6.54 Å². The number of hydrazine groups is 1. The minimum Gasteiger partial charge on any atom is -0.444 e. The number of carbonyl (C=O) groups is 3. The molecule has 27 heavy (non-hydrogen) atoms. The van der Waals surface area contributed by atoms with Gasteiger partial charge in [0.25, 0.3) is 11.8 Å². The van der Waals surface area contributed by atoms with Crippen molar-refractivity contribution >= 4 is 17.9 Å². The Morgan fingerprint density at radius 2 is 1.33 bits per heavy atom. The fourth-order valence-electron chi connectivity index (χ4n) is 2.11. The lowest BCUT2D eigenvalue weighted by atomic mass is 10.1. The molecule has 0 spiro atoms. The molecule has 0 unspecified atom stereocenters. The highest BCUT2D eigenvalue weighted by molar-refractivity contribution is 5.99. The molecule has 0 saturated carbocycles. The number of alkyl carbamates (subject to hydrolysis) is 1. The van der Waals surface area contributed by atoms with Crippen LogP contribution >= 0.6 is 0 Å². The predicted octanol–water partition coefficient (Wildman–Crippen LogP) is 2.79. The maximum absolute atomic E-state index is 12.1. The first-order valence-corrected chi connectivity index (χ1v) is 8.46. The zero-order valence-electron chi connectivity index (χ0n) is 15.5. The highest BCUT2D eigenvalue weighted by atomic mass is 16.6. The van der Waals surface area contributed by atoms with Gasteiger partial charge < -0.3 is 10.1 Å². The Kier molecular flexibility index (Phi) is 6.54. The smallest absolute Gasteiger partial charge is 0.407 e. The van der Waals surface area contributed by atoms with E-state index < -0.39 is 23.5 Å². The summed E-state index contributed by atoms with van der Waals surface area (Å²) in [5.74, 6) is -0.840. The van der Waals surface area contributed by atoms with E-state index in [1.807, 2.05) is 0 Å². The van der Waals surface area contributed by atoms with Crippen molar-refractivity contribution < 1.29 is 19.1 Å². The largest absolute Gasteiger partial charge is 0.444 e. The van der Waals surface area contributed by atoms with E-state index in [2.05, 4.69) is 16.2 Å². The van der Waals surface area contributed by atoms with Crippen LogP contribution in [0.2, 0.25) is 0 Å². The van der Waals surface area contributed by atoms with Gasteiger partial charge in [-0.25, -0.2) is 4.79 Å². The van der Waals surface area contributed by atoms with Crippen molar-refractivity contribution in [2.75, 3.05) is 0 Å². The van der Waals surface area contributed by atoms with Gasteiger partial charge in [0.15, 0.2) is 0 Å². The molecule has 2 rings (SSSR count). The monoisotopic (exact) mass is 369 g/mol. The fraction of sp³-hybridized carbons (Fsp3) is 0.250. The number of rotatable bonds is 4. The van der Waals surface area contributed by atoms with Gasteiger partial charge in [-0.3, -0.25) is 20.4 Å². The first kappa shape index (κ1) is 20.0. The van der Waals surface area contributed by atoms with E-state index in [0.717, 1.165) is 5.56 Å². The topological polar surface area (TPSA) is 96.5 Å². The van der Waals surface area contributed by atoms with Gasteiger partial charge in [-0.1, -0.05) is 30.3 Å². The van der Waals surface area contributed by atoms with Crippen molar-refractivity contribution in [3.05, 3.63) is 71.3 Å². The van der Waals surface area contributed by atoms with Crippen molar-refractivity contribution in [1.29, 1.82) is 0 Å². The molecule has 0 aliphatic rings. The molecule has 3 amide bonds. The number of hydrogen-bond donors (Lipinski definition) is 3. The van der Waals surface area contributed by atoms with Crippen LogP contribution in [0, 0.1) is 0 Å². The standard InChI is InChI=1S/C20H23N3O4/c1-20(2,3)27-19(26)21-13-14-9-11-16(12-10-14)18(25)23-22-17(24)15-7-5-4-6-8-15/h4-12H,13H2,1-3H3,(H,21,26)(H,22,24)(H,23,25). The average Bonchev–Trinajstić information content (AvgIpc) is 2.64. The van der Waals surface area contributed by atoms with Crippen LogP contribution in [0.4, 0.5) is 4.79 Å². The Hall–Kier alpha value is -3.35. The van der Waals surface area contributed by atoms with Gasteiger partial charge in [0.2, 0.25) is 0 Å². The molecule has 0 aliphatic carbocycles. The molecule has 2 aromatic carbocycles. The molecule has 7 nitrogen and oxygen atoms in total. The minimum atomic E-state index is -0.559. The Balaban J connectivity index is 1.83. The predicted molar refractivity (Wildman–Crippen MR) is 101 cm³/mol. The molecule has 0 bridgehead atoms. The van der Waals surface area contributed by atoms with Crippen LogP contribution in [0.25, 0.3) is 0 Å². The Bertz CT molecular complexity index is 796. The van der Waals surface area contributed by atoms with Crippen LogP contribution in [-0.2, 0) is 11.3 Å². The summed E-state index contributed by atoms with van der Waals surface area (Å²) in [5, 5.41) is 2.64. The Labute approximate surface area is 158 Å². The highest BCUT2D eigenvalue weighted by Crippen LogP contribution is 2.08. The third-order valence-corrected chi connectivity index (χ3v) is 3.38. The second-order valence-electron chi connectivity index (χ2n) is 6.83. The zero-order chi connectivity index (χ0) is 19.9. The summed E-state index contributed by atoms with van der Waals surface area (Å²) >= 11 is 0. The SMILES string of the molecule is CC(C)(C)OC(=O)NCc1ccc(C(=O)NNC(=O)c2ccccc2)cc1. The van der Waals surface area contributed by atoms with E-state index >= 15 is 0 Å². The van der Waals surface area contributed by atoms with Gasteiger partial charge in [-0.15, -0.1) is 0 Å². The van der Waals surface area contributed by atoms with E-state index in [4.69, 9.17) is 4.74 Å². The maximum atomic E-state index is 12.1. The minimum absolute atomic E-state index is 0.279. The van der Waals surface area contributed by atoms with E-state index in [9.17, 15) is 14.4 Å². The summed E-state index contributed by atoms with van der Waals surface area (Å²) in [7, 11) is 0. The lowest BCUT2D eigenvalue weighted by Crippen LogP contribution is -2.41. The third-order valence-electron chi connectivity index (χ3n) is 3.38. The number of hydrogen-bond acceptors (Lipinski definition) is 4. The van der Waals surface area contributed by atoms with Crippen LogP contribution in [0.5, 0.6) is 0 Å². The zero-order valence-corrected chi connectivity index (χ0v) is 15.5. The lowest BCUT2D eigenvalue weighted by Gasteiger charge is -2.19. The second-order valence-corrected chi connectivity index (χ2v) is 6.83. The molecule has 0 radical (unpaired) electrons. The van der Waals surface area contributed by atoms with Crippen LogP contribution in [-0.4, -0.2) is 23.5 Å². The molecular weight excluding hydrogens is 346 g/mol. The molecule has 0 aromatic heterocycles. The Morgan fingerprint density at radius 3 is 1.85 bits per heavy atom. The summed E-state index contributed by atoms with van der Waals surface area (Å²) in [4.78, 5) is 35.6. The average molecular weight is 369 g/mol. The van der Waals surface area contributed by atoms with E-state index in [1.54, 1.807) is 75.4 Å². The fourth-order valence-corrected chi connectivity index (χ4v) is 2.11. The third kappa shape index (κ3) is 6.81. The summed E-state index contributed by atoms with van der Waals surface area (Å²) in [5.41, 5.74) is 5.80. The number of benzene rings is 2. The van der Waals surface area contributed by atoms with Crippen LogP contribution < -0.4 is 16.2 Å². The molecule has 0 aliphatic heterocycles. The molecule has 0 saturated heterocycles. The molecule has 2 aromatic rings. The summed E-state index contributed by atoms with van der Waals surface area (Å²) in [6.45, 7) is 5.64. The van der Waals surface area contributed by atoms with Crippen molar-refractivity contribution in [1.82, 2.24) is 16.2 Å². The van der Waals surface area contributed by atoms with Crippen molar-refractivity contribution in [2.45, 2.75) is 32.9 Å². The lowest BCUT2D eigenvalue weighted by molar-refractivity contribution is 0.0523. The molecule has 0 fully saturated rings. The number of ether oxygens (including phenoxy) is 1. The summed E-state index contributed by atoms with van der Waals surface area (Å²) in [6, 6.07) is 15.2. The highest BCUT2D eigenvalue weighted by Gasteiger charge is 2.15. The molecular formula is C20H23N3O4. The van der Waals surface area contributed by atoms with E-state index in [1.165, 1.54) is 0 Å². The Morgan fingerprint density at radius 1 is 0.815 bits per heavy atom. The van der Waals surface area contributed by atoms with E-state index in [0.29, 0.717) is 11.1 Å². The van der Waals surface area contributed by atoms with Gasteiger partial charge in [0.1, 0.15) is 5.60 Å². The summed E-state index contributed by atoms with van der Waals surface area (Å²) in [6.07, 6.45) is -0.507. The molecule has 7 heteroatoms. The van der Waals surface area contributed by atoms with Crippen molar-refractivity contribution in [3.8, 4) is 0 Å². The van der Waals surface area contributed by atoms with Gasteiger partial charge in [-0.2, -0.15) is 0 Å². The first-order valence-electron chi connectivity index (χ1n) is 8.46. The van der Waals surface area contributed by atoms with Crippen molar-refractivity contribution in [3.63, 3.8) is 0 Å². The first-order chi connectivity index (χ1) is 12.7. The number of carbonyl (C=O) groups excluding carboxylic acids is 3. The van der Waals surface area contributed by atoms with Crippen LogP contribution in [0.1, 0.15) is 47.1 Å².